The van der Waals surface area contributed by atoms with Crippen molar-refractivity contribution in [3.63, 3.8) is 0 Å². The Labute approximate surface area is 132 Å². The van der Waals surface area contributed by atoms with Crippen LogP contribution in [0, 0.1) is 0 Å². The lowest BCUT2D eigenvalue weighted by atomic mass is 9.81. The molecule has 0 aromatic rings. The molecule has 1 aliphatic heterocycles. The summed E-state index contributed by atoms with van der Waals surface area (Å²) in [7, 11) is 0. The molecule has 0 saturated carbocycles. The van der Waals surface area contributed by atoms with Crippen LogP contribution in [0.2, 0.25) is 0 Å². The van der Waals surface area contributed by atoms with E-state index in [1.807, 2.05) is 6.92 Å². The highest BCUT2D eigenvalue weighted by atomic mass is 79.9. The van der Waals surface area contributed by atoms with Gasteiger partial charge in [0, 0.05) is 33.8 Å². The fourth-order valence-electron chi connectivity index (χ4n) is 2.92. The van der Waals surface area contributed by atoms with E-state index in [0.29, 0.717) is 32.5 Å². The Hall–Kier alpha value is 0.320. The summed E-state index contributed by atoms with van der Waals surface area (Å²) < 4.78 is 19.0. The van der Waals surface area contributed by atoms with Gasteiger partial charge >= 0.3 is 0 Å². The fraction of sp³-hybridized carbons (Fsp3) is 1.00. The minimum absolute atomic E-state index is 0.0994. The van der Waals surface area contributed by atoms with Gasteiger partial charge in [-0.1, -0.05) is 0 Å². The van der Waals surface area contributed by atoms with Crippen molar-refractivity contribution in [2.75, 3.05) is 33.0 Å². The van der Waals surface area contributed by atoms with Crippen molar-refractivity contribution in [1.82, 2.24) is 3.93 Å². The molecule has 4 nitrogen and oxygen atoms in total. The van der Waals surface area contributed by atoms with E-state index in [1.165, 1.54) is 0 Å². The molecule has 1 heterocycles. The third kappa shape index (κ3) is 5.60. The van der Waals surface area contributed by atoms with E-state index >= 15 is 0 Å². The summed E-state index contributed by atoms with van der Waals surface area (Å²) in [6.07, 6.45) is 2.35. The Morgan fingerprint density at radius 1 is 0.950 bits per heavy atom. The highest BCUT2D eigenvalue weighted by Gasteiger charge is 2.44. The second-order valence-corrected chi connectivity index (χ2v) is 7.33. The van der Waals surface area contributed by atoms with Gasteiger partial charge in [-0.05, 0) is 47.5 Å². The lowest BCUT2D eigenvalue weighted by Crippen LogP contribution is -2.57. The fourth-order valence-corrected chi connectivity index (χ4v) is 3.21. The summed E-state index contributed by atoms with van der Waals surface area (Å²) in [5, 5.41) is 0. The van der Waals surface area contributed by atoms with Gasteiger partial charge in [-0.25, -0.2) is 3.93 Å². The molecule has 5 heteroatoms. The molecule has 1 saturated heterocycles. The zero-order valence-corrected chi connectivity index (χ0v) is 15.2. The molecule has 120 valence electrons. The second kappa shape index (κ2) is 8.08. The topological polar surface area (TPSA) is 30.9 Å². The Kier molecular flexibility index (Phi) is 7.43. The summed E-state index contributed by atoms with van der Waals surface area (Å²) in [6, 6.07) is 0. The normalized spacial score (nSPS) is 23.1. The third-order valence-electron chi connectivity index (χ3n) is 3.67. The van der Waals surface area contributed by atoms with Crippen molar-refractivity contribution in [2.45, 2.75) is 64.6 Å². The lowest BCUT2D eigenvalue weighted by molar-refractivity contribution is -0.0725. The van der Waals surface area contributed by atoms with Crippen LogP contribution in [-0.4, -0.2) is 54.1 Å². The maximum Gasteiger partial charge on any atom is 0.0704 e. The van der Waals surface area contributed by atoms with Crippen molar-refractivity contribution in [3.8, 4) is 0 Å². The van der Waals surface area contributed by atoms with Crippen LogP contribution in [0.5, 0.6) is 0 Å². The van der Waals surface area contributed by atoms with Gasteiger partial charge < -0.3 is 14.2 Å². The number of piperidine rings is 1. The average molecular weight is 352 g/mol. The van der Waals surface area contributed by atoms with Gasteiger partial charge in [-0.15, -0.1) is 0 Å². The van der Waals surface area contributed by atoms with Crippen molar-refractivity contribution in [2.24, 2.45) is 0 Å². The minimum atomic E-state index is 0.0994. The summed E-state index contributed by atoms with van der Waals surface area (Å²) in [5.74, 6) is 0. The summed E-state index contributed by atoms with van der Waals surface area (Å²) >= 11 is 3.72. The van der Waals surface area contributed by atoms with Gasteiger partial charge in [0.1, 0.15) is 0 Å². The molecule has 0 bridgehead atoms. The number of hydrogen-bond acceptors (Lipinski definition) is 4. The van der Waals surface area contributed by atoms with Crippen LogP contribution in [-0.2, 0) is 14.2 Å². The molecule has 20 heavy (non-hydrogen) atoms. The number of ether oxygens (including phenoxy) is 3. The Morgan fingerprint density at radius 2 is 1.45 bits per heavy atom. The minimum Gasteiger partial charge on any atom is -0.379 e. The highest BCUT2D eigenvalue weighted by molar-refractivity contribution is 9.07. The first kappa shape index (κ1) is 18.4. The molecule has 0 N–H and O–H groups in total. The number of nitrogens with zero attached hydrogens (tertiary/aromatic N) is 1. The van der Waals surface area contributed by atoms with Crippen LogP contribution in [0.3, 0.4) is 0 Å². The van der Waals surface area contributed by atoms with Crippen LogP contribution < -0.4 is 0 Å². The van der Waals surface area contributed by atoms with Gasteiger partial charge in [0.2, 0.25) is 0 Å². The first-order valence-electron chi connectivity index (χ1n) is 7.53. The number of rotatable bonds is 8. The average Bonchev–Trinajstić information content (AvgIpc) is 2.34. The van der Waals surface area contributed by atoms with Crippen LogP contribution in [0.1, 0.15) is 47.5 Å². The Balaban J connectivity index is 2.24. The monoisotopic (exact) mass is 351 g/mol. The zero-order chi connectivity index (χ0) is 15.2. The zero-order valence-electron chi connectivity index (χ0n) is 13.6. The Morgan fingerprint density at radius 3 is 2.00 bits per heavy atom. The quantitative estimate of drug-likeness (QED) is 0.495. The molecular formula is C15H30BrNO3. The molecule has 1 rings (SSSR count). The maximum absolute atomic E-state index is 6.00. The molecule has 0 spiro atoms. The largest absolute Gasteiger partial charge is 0.379 e. The van der Waals surface area contributed by atoms with E-state index in [1.54, 1.807) is 0 Å². The van der Waals surface area contributed by atoms with E-state index in [9.17, 15) is 0 Å². The van der Waals surface area contributed by atoms with E-state index in [0.717, 1.165) is 19.4 Å². The van der Waals surface area contributed by atoms with Gasteiger partial charge in [-0.2, -0.15) is 0 Å². The van der Waals surface area contributed by atoms with Crippen molar-refractivity contribution in [3.05, 3.63) is 0 Å². The predicted molar refractivity (Wildman–Crippen MR) is 85.2 cm³/mol. The van der Waals surface area contributed by atoms with Gasteiger partial charge in [-0.3, -0.25) is 0 Å². The van der Waals surface area contributed by atoms with Crippen LogP contribution in [0.4, 0.5) is 0 Å². The van der Waals surface area contributed by atoms with Crippen molar-refractivity contribution in [1.29, 1.82) is 0 Å². The molecular weight excluding hydrogens is 322 g/mol. The number of halogens is 1. The predicted octanol–water partition coefficient (Wildman–Crippen LogP) is 3.39. The van der Waals surface area contributed by atoms with Gasteiger partial charge in [0.25, 0.3) is 0 Å². The van der Waals surface area contributed by atoms with Crippen LogP contribution in [0.15, 0.2) is 0 Å². The van der Waals surface area contributed by atoms with E-state index < -0.39 is 0 Å². The molecule has 1 fully saturated rings. The molecule has 1 aliphatic rings. The Bertz CT molecular complexity index is 266. The van der Waals surface area contributed by atoms with E-state index in [-0.39, 0.29) is 11.1 Å². The summed E-state index contributed by atoms with van der Waals surface area (Å²) in [6.45, 7) is 14.3. The SMILES string of the molecule is CCOCCOCCOC1CC(C)(C)N(Br)C(C)(C)C1. The summed E-state index contributed by atoms with van der Waals surface area (Å²) in [5.41, 5.74) is 0.199. The second-order valence-electron chi connectivity index (χ2n) is 6.62. The number of hydrogen-bond donors (Lipinski definition) is 0. The molecule has 0 atom stereocenters. The van der Waals surface area contributed by atoms with E-state index in [4.69, 9.17) is 14.2 Å². The molecule has 0 unspecified atom stereocenters. The molecule has 0 aromatic carbocycles. The standard InChI is InChI=1S/C15H30BrNO3/c1-6-18-7-8-19-9-10-20-13-11-14(2,3)17(16)15(4,5)12-13/h13H,6-12H2,1-5H3. The van der Waals surface area contributed by atoms with Gasteiger partial charge in [0.05, 0.1) is 32.5 Å². The molecule has 0 radical (unpaired) electrons. The highest BCUT2D eigenvalue weighted by Crippen LogP contribution is 2.41. The molecule has 0 aliphatic carbocycles. The smallest absolute Gasteiger partial charge is 0.0704 e. The lowest BCUT2D eigenvalue weighted by Gasteiger charge is -2.51. The first-order chi connectivity index (χ1) is 9.29. The maximum atomic E-state index is 6.00. The van der Waals surface area contributed by atoms with Gasteiger partial charge in [0.15, 0.2) is 0 Å². The first-order valence-corrected chi connectivity index (χ1v) is 8.24. The van der Waals surface area contributed by atoms with E-state index in [2.05, 4.69) is 47.8 Å². The molecule has 0 amide bonds. The van der Waals surface area contributed by atoms with Crippen LogP contribution >= 0.6 is 16.1 Å². The van der Waals surface area contributed by atoms with Crippen LogP contribution in [0.25, 0.3) is 0 Å². The molecule has 0 aromatic heterocycles. The van der Waals surface area contributed by atoms with Crippen molar-refractivity contribution < 1.29 is 14.2 Å². The van der Waals surface area contributed by atoms with Crippen molar-refractivity contribution >= 4 is 16.1 Å². The summed E-state index contributed by atoms with van der Waals surface area (Å²) in [4.78, 5) is 0. The third-order valence-corrected chi connectivity index (χ3v) is 5.59.